The fourth-order valence-corrected chi connectivity index (χ4v) is 3.51. The van der Waals surface area contributed by atoms with Crippen molar-refractivity contribution in [1.29, 1.82) is 0 Å². The van der Waals surface area contributed by atoms with Gasteiger partial charge >= 0.3 is 6.18 Å². The van der Waals surface area contributed by atoms with Crippen molar-refractivity contribution in [2.45, 2.75) is 19.5 Å². The summed E-state index contributed by atoms with van der Waals surface area (Å²) in [5, 5.41) is 0.0506. The van der Waals surface area contributed by atoms with Gasteiger partial charge in [0, 0.05) is 35.1 Å². The van der Waals surface area contributed by atoms with Gasteiger partial charge in [-0.1, -0.05) is 19.1 Å². The summed E-state index contributed by atoms with van der Waals surface area (Å²) in [4.78, 5) is 20.7. The molecule has 1 aromatic carbocycles. The molecule has 0 aliphatic carbocycles. The van der Waals surface area contributed by atoms with E-state index in [0.717, 1.165) is 0 Å². The summed E-state index contributed by atoms with van der Waals surface area (Å²) in [7, 11) is 0. The predicted molar refractivity (Wildman–Crippen MR) is 99.1 cm³/mol. The second-order valence-electron chi connectivity index (χ2n) is 6.60. The van der Waals surface area contributed by atoms with E-state index < -0.39 is 11.7 Å². The number of anilines is 1. The highest BCUT2D eigenvalue weighted by Crippen LogP contribution is 2.39. The quantitative estimate of drug-likeness (QED) is 0.731. The van der Waals surface area contributed by atoms with E-state index in [2.05, 4.69) is 9.97 Å². The highest BCUT2D eigenvalue weighted by Gasteiger charge is 2.37. The van der Waals surface area contributed by atoms with Crippen LogP contribution in [0.5, 0.6) is 0 Å². The number of hydrogen-bond acceptors (Lipinski definition) is 3. The van der Waals surface area contributed by atoms with Crippen molar-refractivity contribution < 1.29 is 22.7 Å². The molecular weight excluding hydrogens is 371 g/mol. The minimum atomic E-state index is -4.47. The lowest BCUT2D eigenvalue weighted by molar-refractivity contribution is -0.136. The number of H-pyrrole nitrogens is 1. The molecule has 146 valence electrons. The van der Waals surface area contributed by atoms with Crippen molar-refractivity contribution in [1.82, 2.24) is 9.97 Å². The molecule has 2 aromatic heterocycles. The average molecular weight is 389 g/mol. The van der Waals surface area contributed by atoms with Crippen LogP contribution in [0.3, 0.4) is 0 Å². The number of carbonyl (C=O) groups excluding carboxylic acids is 1. The van der Waals surface area contributed by atoms with Gasteiger partial charge in [-0.05, 0) is 30.2 Å². The lowest BCUT2D eigenvalue weighted by Crippen LogP contribution is -2.41. The van der Waals surface area contributed by atoms with Crippen LogP contribution in [-0.4, -0.2) is 35.6 Å². The van der Waals surface area contributed by atoms with Crippen molar-refractivity contribution in [2.75, 3.05) is 24.7 Å². The minimum absolute atomic E-state index is 0.0236. The summed E-state index contributed by atoms with van der Waals surface area (Å²) >= 11 is 0. The zero-order valence-corrected chi connectivity index (χ0v) is 15.1. The van der Waals surface area contributed by atoms with E-state index in [1.165, 1.54) is 6.07 Å². The zero-order chi connectivity index (χ0) is 19.9. The number of alkyl halides is 3. The first-order chi connectivity index (χ1) is 13.4. The number of ether oxygens (including phenoxy) is 1. The fourth-order valence-electron chi connectivity index (χ4n) is 3.51. The van der Waals surface area contributed by atoms with Crippen LogP contribution in [-0.2, 0) is 22.1 Å². The van der Waals surface area contributed by atoms with E-state index in [9.17, 15) is 18.0 Å². The smallest absolute Gasteiger partial charge is 0.370 e. The minimum Gasteiger partial charge on any atom is -0.370 e. The summed E-state index contributed by atoms with van der Waals surface area (Å²) < 4.78 is 45.9. The van der Waals surface area contributed by atoms with Crippen LogP contribution in [0, 0.1) is 0 Å². The second-order valence-corrected chi connectivity index (χ2v) is 6.60. The summed E-state index contributed by atoms with van der Waals surface area (Å²) in [5.74, 6) is -0.144. The van der Waals surface area contributed by atoms with E-state index in [1.54, 1.807) is 42.3 Å². The van der Waals surface area contributed by atoms with E-state index in [4.69, 9.17) is 4.74 Å². The third-order valence-corrected chi connectivity index (χ3v) is 4.84. The molecule has 3 heterocycles. The van der Waals surface area contributed by atoms with Crippen molar-refractivity contribution >= 4 is 22.6 Å². The first-order valence-electron chi connectivity index (χ1n) is 8.95. The van der Waals surface area contributed by atoms with Crippen LogP contribution < -0.4 is 4.90 Å². The monoisotopic (exact) mass is 389 g/mol. The Morgan fingerprint density at radius 3 is 2.79 bits per heavy atom. The van der Waals surface area contributed by atoms with Crippen molar-refractivity contribution in [3.63, 3.8) is 0 Å². The first kappa shape index (κ1) is 18.5. The average Bonchev–Trinajstić information content (AvgIpc) is 3.06. The van der Waals surface area contributed by atoms with Crippen LogP contribution in [0.25, 0.3) is 22.2 Å². The molecule has 1 aliphatic rings. The number of hydrogen-bond donors (Lipinski definition) is 1. The lowest BCUT2D eigenvalue weighted by Gasteiger charge is -2.27. The third-order valence-electron chi connectivity index (χ3n) is 4.84. The van der Waals surface area contributed by atoms with Crippen LogP contribution in [0.15, 0.2) is 36.5 Å². The highest BCUT2D eigenvalue weighted by atomic mass is 19.4. The Labute approximate surface area is 159 Å². The first-order valence-corrected chi connectivity index (χ1v) is 8.95. The number of aryl methyl sites for hydroxylation is 1. The van der Waals surface area contributed by atoms with Gasteiger partial charge in [-0.2, -0.15) is 13.2 Å². The van der Waals surface area contributed by atoms with Crippen molar-refractivity contribution in [3.05, 3.63) is 47.8 Å². The molecule has 0 spiro atoms. The summed E-state index contributed by atoms with van der Waals surface area (Å²) in [6, 6.07) is 8.65. The molecule has 0 saturated carbocycles. The Kier molecular flexibility index (Phi) is 4.58. The number of carbonyl (C=O) groups is 1. The van der Waals surface area contributed by atoms with Crippen LogP contribution in [0.4, 0.5) is 18.9 Å². The number of morpholine rings is 1. The zero-order valence-electron chi connectivity index (χ0n) is 15.1. The fraction of sp³-hybridized carbons (Fsp3) is 0.300. The Hall–Kier alpha value is -2.87. The molecule has 5 nitrogen and oxygen atoms in total. The molecule has 1 N–H and O–H groups in total. The van der Waals surface area contributed by atoms with E-state index in [1.807, 2.05) is 0 Å². The third kappa shape index (κ3) is 3.24. The number of aromatic nitrogens is 2. The normalized spacial score (nSPS) is 15.4. The maximum absolute atomic E-state index is 13.6. The SMILES string of the molecule is CCc1[nH]c2ncc(-c3cccc(N4CCOCC4=O)c3)cc2c1C(F)(F)F. The molecule has 0 radical (unpaired) electrons. The Morgan fingerprint density at radius 1 is 1.25 bits per heavy atom. The molecule has 1 aliphatic heterocycles. The Balaban J connectivity index is 1.79. The number of rotatable bonds is 3. The number of amides is 1. The summed E-state index contributed by atoms with van der Waals surface area (Å²) in [6.45, 7) is 2.58. The molecule has 0 bridgehead atoms. The van der Waals surface area contributed by atoms with Crippen LogP contribution in [0.2, 0.25) is 0 Å². The van der Waals surface area contributed by atoms with Gasteiger partial charge in [-0.25, -0.2) is 4.98 Å². The van der Waals surface area contributed by atoms with Crippen molar-refractivity contribution in [2.24, 2.45) is 0 Å². The molecule has 3 aromatic rings. The van der Waals surface area contributed by atoms with E-state index >= 15 is 0 Å². The number of pyridine rings is 1. The molecule has 1 amide bonds. The molecule has 0 atom stereocenters. The Morgan fingerprint density at radius 2 is 2.07 bits per heavy atom. The van der Waals surface area contributed by atoms with Gasteiger partial charge in [0.2, 0.25) is 0 Å². The molecule has 0 unspecified atom stereocenters. The number of fused-ring (bicyclic) bond motifs is 1. The molecular formula is C20H18F3N3O2. The predicted octanol–water partition coefficient (Wildman–Crippen LogP) is 4.17. The van der Waals surface area contributed by atoms with Gasteiger partial charge in [-0.3, -0.25) is 4.79 Å². The van der Waals surface area contributed by atoms with E-state index in [-0.39, 0.29) is 35.7 Å². The number of nitrogens with one attached hydrogen (secondary N) is 1. The van der Waals surface area contributed by atoms with Gasteiger partial charge in [-0.15, -0.1) is 0 Å². The van der Waals surface area contributed by atoms with Crippen molar-refractivity contribution in [3.8, 4) is 11.1 Å². The maximum Gasteiger partial charge on any atom is 0.418 e. The number of nitrogens with zero attached hydrogens (tertiary/aromatic N) is 2. The largest absolute Gasteiger partial charge is 0.418 e. The summed E-state index contributed by atoms with van der Waals surface area (Å²) in [5.41, 5.74) is 1.61. The van der Waals surface area contributed by atoms with E-state index in [0.29, 0.717) is 30.0 Å². The van der Waals surface area contributed by atoms with Gasteiger partial charge in [0.05, 0.1) is 12.2 Å². The highest BCUT2D eigenvalue weighted by molar-refractivity contribution is 5.95. The van der Waals surface area contributed by atoms with Gasteiger partial charge in [0.15, 0.2) is 0 Å². The van der Waals surface area contributed by atoms with Gasteiger partial charge in [0.1, 0.15) is 12.3 Å². The van der Waals surface area contributed by atoms with Crippen LogP contribution >= 0.6 is 0 Å². The molecule has 4 rings (SSSR count). The van der Waals surface area contributed by atoms with Gasteiger partial charge in [0.25, 0.3) is 5.91 Å². The van der Waals surface area contributed by atoms with Crippen LogP contribution in [0.1, 0.15) is 18.2 Å². The standard InChI is InChI=1S/C20H18F3N3O2/c1-2-16-18(20(21,22)23)15-9-13(10-24-19(15)25-16)12-4-3-5-14(8-12)26-6-7-28-11-17(26)27/h3-5,8-10H,2,6-7,11H2,1H3,(H,24,25). The summed E-state index contributed by atoms with van der Waals surface area (Å²) in [6.07, 6.45) is -2.69. The molecule has 28 heavy (non-hydrogen) atoms. The Bertz CT molecular complexity index is 1040. The number of halogens is 3. The second kappa shape index (κ2) is 6.94. The lowest BCUT2D eigenvalue weighted by atomic mass is 10.0. The maximum atomic E-state index is 13.6. The number of aromatic amines is 1. The molecule has 1 fully saturated rings. The molecule has 1 saturated heterocycles. The molecule has 8 heteroatoms. The topological polar surface area (TPSA) is 58.2 Å². The number of benzene rings is 1. The van der Waals surface area contributed by atoms with Gasteiger partial charge < -0.3 is 14.6 Å².